The summed E-state index contributed by atoms with van der Waals surface area (Å²) in [5.74, 6) is 0. The highest BCUT2D eigenvalue weighted by atomic mass is 16.5. The van der Waals surface area contributed by atoms with Gasteiger partial charge < -0.3 is 4.74 Å². The van der Waals surface area contributed by atoms with E-state index in [4.69, 9.17) is 4.74 Å². The summed E-state index contributed by atoms with van der Waals surface area (Å²) in [6, 6.07) is 7.49. The van der Waals surface area contributed by atoms with Gasteiger partial charge in [-0.15, -0.1) is 0 Å². The van der Waals surface area contributed by atoms with Crippen LogP contribution in [0.5, 0.6) is 0 Å². The third-order valence-electron chi connectivity index (χ3n) is 4.26. The fraction of sp³-hybridized carbons (Fsp3) is 0.500. The Hall–Kier alpha value is -1.12. The summed E-state index contributed by atoms with van der Waals surface area (Å²) in [5.41, 5.74) is 5.68. The lowest BCUT2D eigenvalue weighted by molar-refractivity contribution is -0.0612. The van der Waals surface area contributed by atoms with Crippen LogP contribution in [0.1, 0.15) is 23.1 Å². The van der Waals surface area contributed by atoms with Crippen molar-refractivity contribution in [2.24, 2.45) is 0 Å². The van der Waals surface area contributed by atoms with Crippen molar-refractivity contribution < 1.29 is 4.74 Å². The van der Waals surface area contributed by atoms with E-state index in [9.17, 15) is 0 Å². The molecule has 0 saturated carbocycles. The molecule has 18 heavy (non-hydrogen) atoms. The lowest BCUT2D eigenvalue weighted by Crippen LogP contribution is -2.50. The van der Waals surface area contributed by atoms with Crippen molar-refractivity contribution in [2.75, 3.05) is 26.3 Å². The highest BCUT2D eigenvalue weighted by molar-refractivity contribution is 5.67. The van der Waals surface area contributed by atoms with E-state index in [0.717, 1.165) is 19.8 Å². The maximum atomic E-state index is 5.27. The van der Waals surface area contributed by atoms with Gasteiger partial charge in [-0.05, 0) is 42.5 Å². The molecule has 1 fully saturated rings. The highest BCUT2D eigenvalue weighted by Crippen LogP contribution is 2.26. The summed E-state index contributed by atoms with van der Waals surface area (Å²) in [6.07, 6.45) is 3.56. The van der Waals surface area contributed by atoms with Crippen molar-refractivity contribution in [3.05, 3.63) is 41.0 Å². The van der Waals surface area contributed by atoms with Gasteiger partial charge in [0.25, 0.3) is 0 Å². The van der Waals surface area contributed by atoms with Gasteiger partial charge in [0.05, 0.1) is 19.3 Å². The van der Waals surface area contributed by atoms with Crippen LogP contribution in [0.4, 0.5) is 0 Å². The average Bonchev–Trinajstić information content (AvgIpc) is 2.32. The van der Waals surface area contributed by atoms with Crippen molar-refractivity contribution >= 4 is 5.57 Å². The van der Waals surface area contributed by atoms with E-state index in [1.54, 1.807) is 0 Å². The van der Waals surface area contributed by atoms with Crippen LogP contribution < -0.4 is 0 Å². The third-order valence-corrected chi connectivity index (χ3v) is 4.26. The Morgan fingerprint density at radius 1 is 1.17 bits per heavy atom. The van der Waals surface area contributed by atoms with E-state index in [-0.39, 0.29) is 0 Å². The maximum absolute atomic E-state index is 5.27. The maximum Gasteiger partial charge on any atom is 0.0645 e. The summed E-state index contributed by atoms with van der Waals surface area (Å²) >= 11 is 0. The standard InChI is InChI=1S/C16H21NO/c1-12-3-4-15(9-13(12)2)14-5-7-17(8-6-14)16-10-18-11-16/h3-5,9,16H,6-8,10-11H2,1-2H3. The Bertz CT molecular complexity index is 474. The molecule has 96 valence electrons. The zero-order valence-electron chi connectivity index (χ0n) is 11.3. The lowest BCUT2D eigenvalue weighted by Gasteiger charge is -2.38. The number of ether oxygens (including phenoxy) is 1. The fourth-order valence-corrected chi connectivity index (χ4v) is 2.65. The Balaban J connectivity index is 1.73. The lowest BCUT2D eigenvalue weighted by atomic mass is 9.95. The molecule has 2 heterocycles. The molecule has 0 bridgehead atoms. The Morgan fingerprint density at radius 3 is 2.56 bits per heavy atom. The predicted octanol–water partition coefficient (Wildman–Crippen LogP) is 2.79. The molecular weight excluding hydrogens is 222 g/mol. The first-order chi connectivity index (χ1) is 8.74. The molecule has 1 saturated heterocycles. The quantitative estimate of drug-likeness (QED) is 0.792. The second kappa shape index (κ2) is 4.87. The Kier molecular flexibility index (Phi) is 3.23. The van der Waals surface area contributed by atoms with Gasteiger partial charge in [-0.25, -0.2) is 0 Å². The molecule has 0 unspecified atom stereocenters. The Morgan fingerprint density at radius 2 is 2.00 bits per heavy atom. The number of hydrogen-bond donors (Lipinski definition) is 0. The fourth-order valence-electron chi connectivity index (χ4n) is 2.65. The smallest absolute Gasteiger partial charge is 0.0645 e. The van der Waals surface area contributed by atoms with Crippen molar-refractivity contribution in [2.45, 2.75) is 26.3 Å². The van der Waals surface area contributed by atoms with Crippen molar-refractivity contribution in [1.29, 1.82) is 0 Å². The molecule has 0 atom stereocenters. The van der Waals surface area contributed by atoms with Crippen LogP contribution in [0.2, 0.25) is 0 Å². The number of benzene rings is 1. The van der Waals surface area contributed by atoms with E-state index in [1.165, 1.54) is 35.2 Å². The molecule has 0 aromatic heterocycles. The van der Waals surface area contributed by atoms with E-state index in [2.05, 4.69) is 43.0 Å². The van der Waals surface area contributed by atoms with Gasteiger partial charge in [-0.3, -0.25) is 4.90 Å². The summed E-state index contributed by atoms with van der Waals surface area (Å²) < 4.78 is 5.27. The minimum atomic E-state index is 0.669. The van der Waals surface area contributed by atoms with Gasteiger partial charge >= 0.3 is 0 Å². The number of nitrogens with zero attached hydrogens (tertiary/aromatic N) is 1. The monoisotopic (exact) mass is 243 g/mol. The first-order valence-electron chi connectivity index (χ1n) is 6.82. The molecular formula is C16H21NO. The van der Waals surface area contributed by atoms with Crippen LogP contribution in [0, 0.1) is 13.8 Å². The summed E-state index contributed by atoms with van der Waals surface area (Å²) in [4.78, 5) is 2.54. The first-order valence-corrected chi connectivity index (χ1v) is 6.82. The number of rotatable bonds is 2. The molecule has 0 aliphatic carbocycles. The first kappa shape index (κ1) is 11.9. The average molecular weight is 243 g/mol. The van der Waals surface area contributed by atoms with Gasteiger partial charge in [0, 0.05) is 13.1 Å². The van der Waals surface area contributed by atoms with Crippen LogP contribution in [0.3, 0.4) is 0 Å². The van der Waals surface area contributed by atoms with Crippen LogP contribution in [-0.4, -0.2) is 37.2 Å². The minimum Gasteiger partial charge on any atom is -0.378 e. The van der Waals surface area contributed by atoms with Crippen LogP contribution >= 0.6 is 0 Å². The molecule has 0 spiro atoms. The van der Waals surface area contributed by atoms with Crippen LogP contribution in [0.15, 0.2) is 24.3 Å². The van der Waals surface area contributed by atoms with Gasteiger partial charge in [0.15, 0.2) is 0 Å². The molecule has 2 heteroatoms. The summed E-state index contributed by atoms with van der Waals surface area (Å²) in [5, 5.41) is 0. The second-order valence-electron chi connectivity index (χ2n) is 5.46. The Labute approximate surface area is 109 Å². The zero-order valence-corrected chi connectivity index (χ0v) is 11.3. The molecule has 1 aromatic carbocycles. The SMILES string of the molecule is Cc1ccc(C2=CCN(C3COC3)CC2)cc1C. The molecule has 2 nitrogen and oxygen atoms in total. The zero-order chi connectivity index (χ0) is 12.5. The van der Waals surface area contributed by atoms with Gasteiger partial charge in [-0.1, -0.05) is 24.3 Å². The second-order valence-corrected chi connectivity index (χ2v) is 5.46. The predicted molar refractivity (Wildman–Crippen MR) is 74.7 cm³/mol. The molecule has 0 amide bonds. The largest absolute Gasteiger partial charge is 0.378 e. The summed E-state index contributed by atoms with van der Waals surface area (Å²) in [7, 11) is 0. The number of aryl methyl sites for hydroxylation is 2. The topological polar surface area (TPSA) is 12.5 Å². The number of hydrogen-bond acceptors (Lipinski definition) is 2. The van der Waals surface area contributed by atoms with E-state index in [1.807, 2.05) is 0 Å². The van der Waals surface area contributed by atoms with Crippen LogP contribution in [-0.2, 0) is 4.74 Å². The molecule has 1 aromatic rings. The van der Waals surface area contributed by atoms with Crippen molar-refractivity contribution in [1.82, 2.24) is 4.90 Å². The summed E-state index contributed by atoms with van der Waals surface area (Å²) in [6.45, 7) is 8.47. The van der Waals surface area contributed by atoms with Gasteiger partial charge in [0.2, 0.25) is 0 Å². The van der Waals surface area contributed by atoms with E-state index in [0.29, 0.717) is 6.04 Å². The van der Waals surface area contributed by atoms with Crippen molar-refractivity contribution in [3.8, 4) is 0 Å². The molecule has 3 rings (SSSR count). The van der Waals surface area contributed by atoms with Crippen LogP contribution in [0.25, 0.3) is 5.57 Å². The van der Waals surface area contributed by atoms with E-state index >= 15 is 0 Å². The molecule has 2 aliphatic rings. The third kappa shape index (κ3) is 2.23. The highest BCUT2D eigenvalue weighted by Gasteiger charge is 2.26. The molecule has 2 aliphatic heterocycles. The van der Waals surface area contributed by atoms with Crippen molar-refractivity contribution in [3.63, 3.8) is 0 Å². The van der Waals surface area contributed by atoms with Gasteiger partial charge in [0.1, 0.15) is 0 Å². The normalized spacial score (nSPS) is 21.6. The molecule has 0 radical (unpaired) electrons. The molecule has 0 N–H and O–H groups in total. The van der Waals surface area contributed by atoms with Gasteiger partial charge in [-0.2, -0.15) is 0 Å². The minimum absolute atomic E-state index is 0.669. The van der Waals surface area contributed by atoms with E-state index < -0.39 is 0 Å².